The highest BCUT2D eigenvalue weighted by Crippen LogP contribution is 2.38. The molecule has 1 aromatic heterocycles. The zero-order chi connectivity index (χ0) is 20.3. The molecule has 2 heterocycles. The van der Waals surface area contributed by atoms with Gasteiger partial charge in [-0.15, -0.1) is 0 Å². The fourth-order valence-electron chi connectivity index (χ4n) is 4.11. The fourth-order valence-corrected chi connectivity index (χ4v) is 4.11. The van der Waals surface area contributed by atoms with Crippen LogP contribution < -0.4 is 0 Å². The molecule has 0 radical (unpaired) electrons. The van der Waals surface area contributed by atoms with Gasteiger partial charge >= 0.3 is 0 Å². The van der Waals surface area contributed by atoms with Gasteiger partial charge in [0.15, 0.2) is 0 Å². The summed E-state index contributed by atoms with van der Waals surface area (Å²) >= 11 is 0. The van der Waals surface area contributed by atoms with Gasteiger partial charge in [0.2, 0.25) is 0 Å². The number of hydrogen-bond acceptors (Lipinski definition) is 4. The number of nitriles is 2. The molecular formula is C23H12N4O2. The molecule has 6 nitrogen and oxygen atoms in total. The summed E-state index contributed by atoms with van der Waals surface area (Å²) in [6, 6.07) is 20.2. The molecule has 0 atom stereocenters. The van der Waals surface area contributed by atoms with Crippen LogP contribution >= 0.6 is 0 Å². The average molecular weight is 376 g/mol. The van der Waals surface area contributed by atoms with E-state index in [-0.39, 0.29) is 11.5 Å². The Morgan fingerprint density at radius 1 is 0.759 bits per heavy atom. The molecule has 0 bridgehead atoms. The summed E-state index contributed by atoms with van der Waals surface area (Å²) in [5.41, 5.74) is 3.13. The standard InChI is InChI=1S/C23H12N4O2/c1-26-22(28)17-9-4-10-18(19(17)23(26)29)27-20-13(11-24)5-2-7-15(20)16-8-3-6-14(12-25)21(16)27/h2-10H,1H3. The van der Waals surface area contributed by atoms with Crippen molar-refractivity contribution in [3.8, 4) is 17.8 Å². The Morgan fingerprint density at radius 3 is 1.86 bits per heavy atom. The smallest absolute Gasteiger partial charge is 0.263 e. The van der Waals surface area contributed by atoms with Crippen molar-refractivity contribution in [3.05, 3.63) is 76.9 Å². The second kappa shape index (κ2) is 5.79. The van der Waals surface area contributed by atoms with E-state index in [4.69, 9.17) is 0 Å². The summed E-state index contributed by atoms with van der Waals surface area (Å²) in [6.07, 6.45) is 0. The summed E-state index contributed by atoms with van der Waals surface area (Å²) in [4.78, 5) is 26.4. The number of imide groups is 1. The van der Waals surface area contributed by atoms with Crippen molar-refractivity contribution in [3.63, 3.8) is 0 Å². The summed E-state index contributed by atoms with van der Waals surface area (Å²) in [6.45, 7) is 0. The maximum atomic E-state index is 12.9. The van der Waals surface area contributed by atoms with Crippen molar-refractivity contribution in [1.82, 2.24) is 9.47 Å². The van der Waals surface area contributed by atoms with Crippen LogP contribution in [0.15, 0.2) is 54.6 Å². The largest absolute Gasteiger partial charge is 0.306 e. The van der Waals surface area contributed by atoms with E-state index >= 15 is 0 Å². The van der Waals surface area contributed by atoms with Crippen LogP contribution in [-0.4, -0.2) is 28.3 Å². The van der Waals surface area contributed by atoms with Gasteiger partial charge in [-0.2, -0.15) is 10.5 Å². The molecule has 0 unspecified atom stereocenters. The van der Waals surface area contributed by atoms with Gasteiger partial charge in [0.25, 0.3) is 11.8 Å². The molecule has 1 aliphatic heterocycles. The van der Waals surface area contributed by atoms with Gasteiger partial charge in [-0.1, -0.05) is 30.3 Å². The van der Waals surface area contributed by atoms with Gasteiger partial charge in [0.1, 0.15) is 12.1 Å². The van der Waals surface area contributed by atoms with E-state index in [0.717, 1.165) is 15.7 Å². The number of carbonyl (C=O) groups excluding carboxylic acids is 2. The van der Waals surface area contributed by atoms with Crippen LogP contribution in [0, 0.1) is 22.7 Å². The summed E-state index contributed by atoms with van der Waals surface area (Å²) < 4.78 is 1.77. The molecule has 6 heteroatoms. The molecule has 0 fully saturated rings. The summed E-state index contributed by atoms with van der Waals surface area (Å²) in [5, 5.41) is 21.1. The van der Waals surface area contributed by atoms with Crippen LogP contribution in [0.1, 0.15) is 31.8 Å². The molecule has 0 aliphatic carbocycles. The second-order valence-corrected chi connectivity index (χ2v) is 6.83. The Labute approximate surface area is 165 Å². The third kappa shape index (κ3) is 2.03. The predicted octanol–water partition coefficient (Wildman–Crippen LogP) is 3.75. The topological polar surface area (TPSA) is 89.9 Å². The Balaban J connectivity index is 2.06. The molecule has 0 N–H and O–H groups in total. The Hall–Kier alpha value is -4.42. The van der Waals surface area contributed by atoms with Crippen LogP contribution in [0.5, 0.6) is 0 Å². The van der Waals surface area contributed by atoms with Crippen molar-refractivity contribution in [2.45, 2.75) is 0 Å². The predicted molar refractivity (Wildman–Crippen MR) is 107 cm³/mol. The lowest BCUT2D eigenvalue weighted by molar-refractivity contribution is 0.0693. The normalized spacial score (nSPS) is 13.0. The van der Waals surface area contributed by atoms with Crippen molar-refractivity contribution in [2.24, 2.45) is 0 Å². The molecule has 5 rings (SSSR count). The molecule has 1 aliphatic rings. The van der Waals surface area contributed by atoms with E-state index in [0.29, 0.717) is 33.4 Å². The minimum absolute atomic E-state index is 0.277. The Bertz CT molecular complexity index is 1410. The maximum absolute atomic E-state index is 12.9. The zero-order valence-electron chi connectivity index (χ0n) is 15.3. The Morgan fingerprint density at radius 2 is 1.31 bits per heavy atom. The van der Waals surface area contributed by atoms with Crippen molar-refractivity contribution in [2.75, 3.05) is 7.05 Å². The monoisotopic (exact) mass is 376 g/mol. The quantitative estimate of drug-likeness (QED) is 0.473. The van der Waals surface area contributed by atoms with Gasteiger partial charge in [0.05, 0.1) is 39.0 Å². The number of nitrogens with zero attached hydrogens (tertiary/aromatic N) is 4. The summed E-state index contributed by atoms with van der Waals surface area (Å²) in [7, 11) is 1.45. The van der Waals surface area contributed by atoms with Gasteiger partial charge in [-0.25, -0.2) is 0 Å². The van der Waals surface area contributed by atoms with Crippen LogP contribution in [0.3, 0.4) is 0 Å². The number of carbonyl (C=O) groups is 2. The highest BCUT2D eigenvalue weighted by molar-refractivity contribution is 6.23. The number of rotatable bonds is 1. The molecule has 29 heavy (non-hydrogen) atoms. The van der Waals surface area contributed by atoms with Crippen LogP contribution in [0.4, 0.5) is 0 Å². The average Bonchev–Trinajstić information content (AvgIpc) is 3.21. The van der Waals surface area contributed by atoms with Crippen molar-refractivity contribution in [1.29, 1.82) is 10.5 Å². The molecule has 0 spiro atoms. The molecule has 4 aromatic rings. The maximum Gasteiger partial charge on any atom is 0.263 e. The number of amides is 2. The van der Waals surface area contributed by atoms with Crippen LogP contribution in [0.25, 0.3) is 27.5 Å². The first-order valence-electron chi connectivity index (χ1n) is 8.90. The van der Waals surface area contributed by atoms with E-state index in [9.17, 15) is 20.1 Å². The molecule has 136 valence electrons. The van der Waals surface area contributed by atoms with E-state index in [2.05, 4.69) is 12.1 Å². The van der Waals surface area contributed by atoms with Crippen LogP contribution in [-0.2, 0) is 0 Å². The minimum Gasteiger partial charge on any atom is -0.306 e. The number of fused-ring (bicyclic) bond motifs is 4. The SMILES string of the molecule is CN1C(=O)c2cccc(-n3c4c(C#N)cccc4c4cccc(C#N)c43)c2C1=O. The zero-order valence-corrected chi connectivity index (χ0v) is 15.3. The molecule has 3 aromatic carbocycles. The lowest BCUT2D eigenvalue weighted by Gasteiger charge is -2.13. The summed E-state index contributed by atoms with van der Waals surface area (Å²) in [5.74, 6) is -0.770. The van der Waals surface area contributed by atoms with E-state index in [1.54, 1.807) is 47.0 Å². The third-order valence-electron chi connectivity index (χ3n) is 5.39. The van der Waals surface area contributed by atoms with E-state index in [1.165, 1.54) is 7.05 Å². The number of benzene rings is 3. The highest BCUT2D eigenvalue weighted by atomic mass is 16.2. The molecule has 0 saturated carbocycles. The Kier molecular flexibility index (Phi) is 3.34. The molecular weight excluding hydrogens is 364 g/mol. The van der Waals surface area contributed by atoms with Crippen molar-refractivity contribution >= 4 is 33.6 Å². The van der Waals surface area contributed by atoms with Gasteiger partial charge in [-0.3, -0.25) is 14.5 Å². The minimum atomic E-state index is -0.403. The van der Waals surface area contributed by atoms with E-state index < -0.39 is 5.91 Å². The third-order valence-corrected chi connectivity index (χ3v) is 5.39. The van der Waals surface area contributed by atoms with E-state index in [1.807, 2.05) is 12.1 Å². The number of hydrogen-bond donors (Lipinski definition) is 0. The fraction of sp³-hybridized carbons (Fsp3) is 0.0435. The number of para-hydroxylation sites is 2. The first kappa shape index (κ1) is 16.7. The first-order valence-corrected chi connectivity index (χ1v) is 8.90. The van der Waals surface area contributed by atoms with Crippen LogP contribution in [0.2, 0.25) is 0 Å². The van der Waals surface area contributed by atoms with Crippen molar-refractivity contribution < 1.29 is 9.59 Å². The van der Waals surface area contributed by atoms with Gasteiger partial charge < -0.3 is 4.57 Å². The highest BCUT2D eigenvalue weighted by Gasteiger charge is 2.36. The lowest BCUT2D eigenvalue weighted by Crippen LogP contribution is -2.24. The second-order valence-electron chi connectivity index (χ2n) is 6.83. The van der Waals surface area contributed by atoms with Gasteiger partial charge in [0, 0.05) is 17.8 Å². The molecule has 2 amide bonds. The molecule has 0 saturated heterocycles. The van der Waals surface area contributed by atoms with Gasteiger partial charge in [-0.05, 0) is 24.3 Å². The first-order chi connectivity index (χ1) is 14.1. The lowest BCUT2D eigenvalue weighted by atomic mass is 10.1. The number of aromatic nitrogens is 1.